The van der Waals surface area contributed by atoms with Crippen molar-refractivity contribution < 1.29 is 24.2 Å². The first-order valence-corrected chi connectivity index (χ1v) is 10.8. The van der Waals surface area contributed by atoms with Gasteiger partial charge in [-0.05, 0) is 36.5 Å². The van der Waals surface area contributed by atoms with E-state index in [0.29, 0.717) is 12.8 Å². The molecule has 1 heterocycles. The van der Waals surface area contributed by atoms with Gasteiger partial charge in [-0.25, -0.2) is 4.79 Å². The molecule has 2 atom stereocenters. The third-order valence-electron chi connectivity index (χ3n) is 5.25. The van der Waals surface area contributed by atoms with Gasteiger partial charge < -0.3 is 15.2 Å². The van der Waals surface area contributed by atoms with Crippen LogP contribution in [0, 0.1) is 5.92 Å². The highest BCUT2D eigenvalue weighted by molar-refractivity contribution is 5.95. The number of hydrogen-bond acceptors (Lipinski definition) is 5. The molecule has 0 bridgehead atoms. The standard InChI is InChI=1S/C25H27N3O5/c1-3-33-25(32)16(2)13-20(26-23(29)21-15-22(24(30)31)28-27-21)14-17-9-11-19(12-10-17)18-7-5-4-6-8-18/h4-12,15-16,20H,3,13-14H2,1-2H3,(H,26,29)(H,27,28)(H,30,31). The number of ether oxygens (including phenoxy) is 1. The van der Waals surface area contributed by atoms with Crippen LogP contribution in [0.3, 0.4) is 0 Å². The maximum Gasteiger partial charge on any atom is 0.356 e. The van der Waals surface area contributed by atoms with E-state index in [-0.39, 0.29) is 30.0 Å². The number of carboxylic acids is 1. The fraction of sp³-hybridized carbons (Fsp3) is 0.280. The summed E-state index contributed by atoms with van der Waals surface area (Å²) in [6, 6.07) is 18.8. The van der Waals surface area contributed by atoms with Gasteiger partial charge in [0.1, 0.15) is 5.69 Å². The number of aromatic carboxylic acids is 1. The minimum absolute atomic E-state index is 0.0422. The molecule has 33 heavy (non-hydrogen) atoms. The molecule has 8 nitrogen and oxygen atoms in total. The minimum atomic E-state index is -1.23. The first kappa shape index (κ1) is 23.7. The second-order valence-electron chi connectivity index (χ2n) is 7.80. The first-order chi connectivity index (χ1) is 15.9. The number of aromatic nitrogens is 2. The number of aromatic amines is 1. The molecule has 0 aliphatic heterocycles. The van der Waals surface area contributed by atoms with Gasteiger partial charge in [0.15, 0.2) is 5.69 Å². The van der Waals surface area contributed by atoms with Gasteiger partial charge in [0, 0.05) is 12.1 Å². The van der Waals surface area contributed by atoms with E-state index in [9.17, 15) is 14.4 Å². The third kappa shape index (κ3) is 6.52. The van der Waals surface area contributed by atoms with Gasteiger partial charge in [0.2, 0.25) is 0 Å². The molecule has 0 saturated heterocycles. The Balaban J connectivity index is 1.75. The normalized spacial score (nSPS) is 12.5. The number of carbonyl (C=O) groups excluding carboxylic acids is 2. The van der Waals surface area contributed by atoms with Crippen LogP contribution in [-0.2, 0) is 16.0 Å². The van der Waals surface area contributed by atoms with E-state index in [4.69, 9.17) is 9.84 Å². The van der Waals surface area contributed by atoms with Crippen LogP contribution in [-0.4, -0.2) is 45.8 Å². The molecule has 1 aromatic heterocycles. The maximum absolute atomic E-state index is 12.7. The van der Waals surface area contributed by atoms with Crippen molar-refractivity contribution in [2.45, 2.75) is 32.7 Å². The number of carboxylic acid groups (broad SMARTS) is 1. The second kappa shape index (κ2) is 11.1. The molecule has 0 aliphatic carbocycles. The summed E-state index contributed by atoms with van der Waals surface area (Å²) in [5.41, 5.74) is 2.98. The summed E-state index contributed by atoms with van der Waals surface area (Å²) in [6.07, 6.45) is 0.857. The van der Waals surface area contributed by atoms with E-state index in [1.165, 1.54) is 6.07 Å². The summed E-state index contributed by atoms with van der Waals surface area (Å²) in [6.45, 7) is 3.79. The Morgan fingerprint density at radius 3 is 2.33 bits per heavy atom. The quantitative estimate of drug-likeness (QED) is 0.406. The van der Waals surface area contributed by atoms with Crippen molar-refractivity contribution >= 4 is 17.8 Å². The van der Waals surface area contributed by atoms with Gasteiger partial charge in [-0.2, -0.15) is 5.10 Å². The first-order valence-electron chi connectivity index (χ1n) is 10.8. The number of nitrogens with zero attached hydrogens (tertiary/aromatic N) is 1. The van der Waals surface area contributed by atoms with E-state index in [0.717, 1.165) is 16.7 Å². The van der Waals surface area contributed by atoms with E-state index in [2.05, 4.69) is 15.5 Å². The molecule has 0 aliphatic rings. The Kier molecular flexibility index (Phi) is 7.96. The van der Waals surface area contributed by atoms with Crippen molar-refractivity contribution in [2.24, 2.45) is 5.92 Å². The molecule has 3 N–H and O–H groups in total. The van der Waals surface area contributed by atoms with Crippen LogP contribution < -0.4 is 5.32 Å². The number of H-pyrrole nitrogens is 1. The largest absolute Gasteiger partial charge is 0.476 e. The fourth-order valence-corrected chi connectivity index (χ4v) is 3.56. The number of esters is 1. The molecule has 0 fully saturated rings. The molecule has 1 amide bonds. The van der Waals surface area contributed by atoms with Crippen LogP contribution in [0.25, 0.3) is 11.1 Å². The Labute approximate surface area is 192 Å². The fourth-order valence-electron chi connectivity index (χ4n) is 3.56. The van der Waals surface area contributed by atoms with Crippen LogP contribution in [0.5, 0.6) is 0 Å². The zero-order chi connectivity index (χ0) is 23.8. The average Bonchev–Trinajstić information content (AvgIpc) is 3.31. The predicted molar refractivity (Wildman–Crippen MR) is 123 cm³/mol. The highest BCUT2D eigenvalue weighted by atomic mass is 16.5. The van der Waals surface area contributed by atoms with E-state index < -0.39 is 17.8 Å². The topological polar surface area (TPSA) is 121 Å². The molecule has 3 rings (SSSR count). The van der Waals surface area contributed by atoms with Crippen molar-refractivity contribution in [1.29, 1.82) is 0 Å². The summed E-state index contributed by atoms with van der Waals surface area (Å²) < 4.78 is 5.11. The van der Waals surface area contributed by atoms with Crippen LogP contribution in [0.4, 0.5) is 0 Å². The molecule has 8 heteroatoms. The van der Waals surface area contributed by atoms with E-state index in [1.54, 1.807) is 13.8 Å². The van der Waals surface area contributed by atoms with Gasteiger partial charge in [0.05, 0.1) is 12.5 Å². The lowest BCUT2D eigenvalue weighted by Gasteiger charge is -2.21. The number of nitrogens with one attached hydrogen (secondary N) is 2. The number of amides is 1. The monoisotopic (exact) mass is 449 g/mol. The Morgan fingerprint density at radius 2 is 1.73 bits per heavy atom. The molecule has 2 aromatic carbocycles. The van der Waals surface area contributed by atoms with E-state index >= 15 is 0 Å². The Bertz CT molecular complexity index is 1090. The Hall–Kier alpha value is -3.94. The second-order valence-corrected chi connectivity index (χ2v) is 7.80. The van der Waals surface area contributed by atoms with Crippen LogP contribution in [0.15, 0.2) is 60.7 Å². The van der Waals surface area contributed by atoms with Gasteiger partial charge in [-0.15, -0.1) is 0 Å². The molecular formula is C25H27N3O5. The maximum atomic E-state index is 12.7. The zero-order valence-electron chi connectivity index (χ0n) is 18.6. The van der Waals surface area contributed by atoms with Crippen molar-refractivity contribution in [1.82, 2.24) is 15.5 Å². The smallest absolute Gasteiger partial charge is 0.356 e. The summed E-state index contributed by atoms with van der Waals surface area (Å²) in [5, 5.41) is 18.0. The lowest BCUT2D eigenvalue weighted by atomic mass is 9.94. The lowest BCUT2D eigenvalue weighted by Crippen LogP contribution is -2.39. The van der Waals surface area contributed by atoms with E-state index in [1.807, 2.05) is 54.6 Å². The average molecular weight is 450 g/mol. The summed E-state index contributed by atoms with van der Waals surface area (Å²) in [7, 11) is 0. The minimum Gasteiger partial charge on any atom is -0.476 e. The molecule has 172 valence electrons. The number of benzene rings is 2. The third-order valence-corrected chi connectivity index (χ3v) is 5.25. The molecular weight excluding hydrogens is 422 g/mol. The summed E-state index contributed by atoms with van der Waals surface area (Å²) >= 11 is 0. The number of carbonyl (C=O) groups is 3. The van der Waals surface area contributed by atoms with Gasteiger partial charge >= 0.3 is 11.9 Å². The summed E-state index contributed by atoms with van der Waals surface area (Å²) in [5.74, 6) is -2.46. The van der Waals surface area contributed by atoms with Gasteiger partial charge in [-0.3, -0.25) is 14.7 Å². The molecule has 2 unspecified atom stereocenters. The number of rotatable bonds is 10. The van der Waals surface area contributed by atoms with Crippen LogP contribution >= 0.6 is 0 Å². The SMILES string of the molecule is CCOC(=O)C(C)CC(Cc1ccc(-c2ccccc2)cc1)NC(=O)c1cc(C(=O)O)n[nH]1. The molecule has 3 aromatic rings. The summed E-state index contributed by atoms with van der Waals surface area (Å²) in [4.78, 5) is 35.9. The van der Waals surface area contributed by atoms with Crippen molar-refractivity contribution in [3.63, 3.8) is 0 Å². The Morgan fingerprint density at radius 1 is 1.06 bits per heavy atom. The molecule has 0 saturated carbocycles. The van der Waals surface area contributed by atoms with Crippen LogP contribution in [0.2, 0.25) is 0 Å². The predicted octanol–water partition coefficient (Wildman–Crippen LogP) is 3.71. The lowest BCUT2D eigenvalue weighted by molar-refractivity contribution is -0.147. The van der Waals surface area contributed by atoms with Crippen molar-refractivity contribution in [3.8, 4) is 11.1 Å². The highest BCUT2D eigenvalue weighted by Crippen LogP contribution is 2.21. The van der Waals surface area contributed by atoms with Gasteiger partial charge in [-0.1, -0.05) is 61.5 Å². The van der Waals surface area contributed by atoms with Crippen molar-refractivity contribution in [2.75, 3.05) is 6.61 Å². The van der Waals surface area contributed by atoms with Crippen LogP contribution in [0.1, 0.15) is 46.8 Å². The highest BCUT2D eigenvalue weighted by Gasteiger charge is 2.23. The van der Waals surface area contributed by atoms with Gasteiger partial charge in [0.25, 0.3) is 5.91 Å². The molecule has 0 spiro atoms. The zero-order valence-corrected chi connectivity index (χ0v) is 18.6. The van der Waals surface area contributed by atoms with Crippen molar-refractivity contribution in [3.05, 3.63) is 77.6 Å². The number of hydrogen-bond donors (Lipinski definition) is 3. The molecule has 0 radical (unpaired) electrons.